The van der Waals surface area contributed by atoms with Crippen LogP contribution in [-0.2, 0) is 16.5 Å². The predicted octanol–water partition coefficient (Wildman–Crippen LogP) is 2.21. The Hall–Kier alpha value is 0.164. The fourth-order valence-electron chi connectivity index (χ4n) is 0.496. The van der Waals surface area contributed by atoms with Crippen LogP contribution in [0.1, 0.15) is 32.6 Å². The van der Waals surface area contributed by atoms with Gasteiger partial charge in [0.2, 0.25) is 0 Å². The van der Waals surface area contributed by atoms with Crippen molar-refractivity contribution in [1.29, 1.82) is 5.41 Å². The molecule has 0 heterocycles. The zero-order valence-corrected chi connectivity index (χ0v) is 6.21. The van der Waals surface area contributed by atoms with Crippen molar-refractivity contribution >= 4 is 6.21 Å². The van der Waals surface area contributed by atoms with Gasteiger partial charge in [0.15, 0.2) is 0 Å². The van der Waals surface area contributed by atoms with Crippen LogP contribution in [0.3, 0.4) is 0 Å². The summed E-state index contributed by atoms with van der Waals surface area (Å²) >= 11 is 0. The van der Waals surface area contributed by atoms with E-state index in [0.29, 0.717) is 0 Å². The second kappa shape index (κ2) is 10.2. The molecule has 1 nitrogen and oxygen atoms in total. The van der Waals surface area contributed by atoms with Gasteiger partial charge in [0, 0.05) is 16.5 Å². The molecule has 0 radical (unpaired) electrons. The smallest absolute Gasteiger partial charge is 0 e. The summed E-state index contributed by atoms with van der Waals surface area (Å²) in [6.45, 7) is 2.17. The van der Waals surface area contributed by atoms with E-state index >= 15 is 0 Å². The SMILES string of the molecule is CCCCCC=N.[Ni]. The molecular weight excluding hydrogens is 145 g/mol. The maximum absolute atomic E-state index is 6.66. The molecule has 0 amide bonds. The molecular formula is C6H13NNi. The normalized spacial score (nSPS) is 7.62. The zero-order valence-electron chi connectivity index (χ0n) is 5.22. The van der Waals surface area contributed by atoms with Crippen LogP contribution < -0.4 is 0 Å². The fourth-order valence-corrected chi connectivity index (χ4v) is 0.496. The van der Waals surface area contributed by atoms with E-state index in [4.69, 9.17) is 5.41 Å². The van der Waals surface area contributed by atoms with Gasteiger partial charge in [-0.05, 0) is 19.1 Å². The van der Waals surface area contributed by atoms with Crippen molar-refractivity contribution in [2.24, 2.45) is 0 Å². The Balaban J connectivity index is 0. The average molecular weight is 158 g/mol. The third-order valence-corrected chi connectivity index (χ3v) is 0.952. The summed E-state index contributed by atoms with van der Waals surface area (Å²) in [4.78, 5) is 0. The Morgan fingerprint density at radius 2 is 2.00 bits per heavy atom. The van der Waals surface area contributed by atoms with Gasteiger partial charge in [-0.1, -0.05) is 19.8 Å². The third kappa shape index (κ3) is 9.48. The van der Waals surface area contributed by atoms with E-state index in [-0.39, 0.29) is 16.5 Å². The topological polar surface area (TPSA) is 23.9 Å². The second-order valence-electron chi connectivity index (χ2n) is 1.70. The van der Waals surface area contributed by atoms with Gasteiger partial charge in [0.05, 0.1) is 0 Å². The number of unbranched alkanes of at least 4 members (excludes halogenated alkanes) is 3. The minimum absolute atomic E-state index is 0. The molecule has 0 aromatic heterocycles. The summed E-state index contributed by atoms with van der Waals surface area (Å²) in [6, 6.07) is 0. The van der Waals surface area contributed by atoms with E-state index in [2.05, 4.69) is 6.92 Å². The Bertz CT molecular complexity index is 45.8. The first-order valence-corrected chi connectivity index (χ1v) is 2.90. The van der Waals surface area contributed by atoms with Crippen molar-refractivity contribution in [3.8, 4) is 0 Å². The molecule has 1 N–H and O–H groups in total. The van der Waals surface area contributed by atoms with Crippen LogP contribution >= 0.6 is 0 Å². The Morgan fingerprint density at radius 3 is 2.38 bits per heavy atom. The van der Waals surface area contributed by atoms with Gasteiger partial charge >= 0.3 is 0 Å². The van der Waals surface area contributed by atoms with Crippen LogP contribution in [-0.4, -0.2) is 6.21 Å². The summed E-state index contributed by atoms with van der Waals surface area (Å²) in [5.74, 6) is 0. The number of rotatable bonds is 4. The first kappa shape index (κ1) is 11.0. The van der Waals surface area contributed by atoms with E-state index in [1.54, 1.807) is 0 Å². The van der Waals surface area contributed by atoms with Crippen LogP contribution in [0.4, 0.5) is 0 Å². The average Bonchev–Trinajstić information content (AvgIpc) is 1.69. The van der Waals surface area contributed by atoms with Crippen molar-refractivity contribution in [2.75, 3.05) is 0 Å². The van der Waals surface area contributed by atoms with E-state index in [0.717, 1.165) is 6.42 Å². The van der Waals surface area contributed by atoms with Crippen LogP contribution in [0.25, 0.3) is 0 Å². The van der Waals surface area contributed by atoms with Crippen molar-refractivity contribution in [2.45, 2.75) is 32.6 Å². The molecule has 0 spiro atoms. The van der Waals surface area contributed by atoms with Gasteiger partial charge in [-0.25, -0.2) is 0 Å². The minimum Gasteiger partial charge on any atom is -0.313 e. The number of nitrogens with one attached hydrogen (secondary N) is 1. The molecule has 8 heavy (non-hydrogen) atoms. The summed E-state index contributed by atoms with van der Waals surface area (Å²) in [7, 11) is 0. The molecule has 0 saturated heterocycles. The Morgan fingerprint density at radius 1 is 1.38 bits per heavy atom. The first-order chi connectivity index (χ1) is 3.41. The van der Waals surface area contributed by atoms with Crippen LogP contribution in [0.15, 0.2) is 0 Å². The molecule has 0 unspecified atom stereocenters. The summed E-state index contributed by atoms with van der Waals surface area (Å²) < 4.78 is 0. The monoisotopic (exact) mass is 157 g/mol. The van der Waals surface area contributed by atoms with Crippen LogP contribution in [0.5, 0.6) is 0 Å². The van der Waals surface area contributed by atoms with Crippen LogP contribution in [0, 0.1) is 5.41 Å². The van der Waals surface area contributed by atoms with Crippen molar-refractivity contribution in [3.05, 3.63) is 0 Å². The van der Waals surface area contributed by atoms with Gasteiger partial charge in [-0.3, -0.25) is 0 Å². The first-order valence-electron chi connectivity index (χ1n) is 2.90. The van der Waals surface area contributed by atoms with Gasteiger partial charge < -0.3 is 5.41 Å². The molecule has 0 aliphatic heterocycles. The molecule has 0 aromatic carbocycles. The maximum Gasteiger partial charge on any atom is 0 e. The number of hydrogen-bond acceptors (Lipinski definition) is 1. The van der Waals surface area contributed by atoms with E-state index in [9.17, 15) is 0 Å². The summed E-state index contributed by atoms with van der Waals surface area (Å²) in [6.07, 6.45) is 6.17. The molecule has 0 bridgehead atoms. The van der Waals surface area contributed by atoms with Gasteiger partial charge in [-0.2, -0.15) is 0 Å². The van der Waals surface area contributed by atoms with Crippen molar-refractivity contribution in [3.63, 3.8) is 0 Å². The largest absolute Gasteiger partial charge is 0.313 e. The minimum atomic E-state index is 0. The van der Waals surface area contributed by atoms with Gasteiger partial charge in [-0.15, -0.1) is 0 Å². The van der Waals surface area contributed by atoms with E-state index < -0.39 is 0 Å². The quantitative estimate of drug-likeness (QED) is 0.368. The zero-order chi connectivity index (χ0) is 5.54. The van der Waals surface area contributed by atoms with E-state index in [1.165, 1.54) is 25.5 Å². The standard InChI is InChI=1S/C6H13N.Ni/c1-2-3-4-5-6-7;/h6-7H,2-5H2,1H3;. The van der Waals surface area contributed by atoms with Gasteiger partial charge in [0.25, 0.3) is 0 Å². The molecule has 0 aliphatic carbocycles. The molecule has 2 heteroatoms. The molecule has 52 valence electrons. The maximum atomic E-state index is 6.66. The molecule has 0 atom stereocenters. The molecule has 0 aromatic rings. The third-order valence-electron chi connectivity index (χ3n) is 0.952. The molecule has 0 rings (SSSR count). The van der Waals surface area contributed by atoms with Crippen molar-refractivity contribution < 1.29 is 16.5 Å². The van der Waals surface area contributed by atoms with Crippen LogP contribution in [0.2, 0.25) is 0 Å². The van der Waals surface area contributed by atoms with E-state index in [1.807, 2.05) is 0 Å². The summed E-state index contributed by atoms with van der Waals surface area (Å²) in [5, 5.41) is 6.66. The van der Waals surface area contributed by atoms with Crippen molar-refractivity contribution in [1.82, 2.24) is 0 Å². The predicted molar refractivity (Wildman–Crippen MR) is 32.9 cm³/mol. The molecule has 0 saturated carbocycles. The summed E-state index contributed by atoms with van der Waals surface area (Å²) in [5.41, 5.74) is 0. The molecule has 0 aliphatic rings. The second-order valence-corrected chi connectivity index (χ2v) is 1.70. The van der Waals surface area contributed by atoms with Gasteiger partial charge in [0.1, 0.15) is 0 Å². The molecule has 0 fully saturated rings. The Kier molecular flexibility index (Phi) is 14.1. The number of hydrogen-bond donors (Lipinski definition) is 1. The fraction of sp³-hybridized carbons (Fsp3) is 0.833. The Labute approximate surface area is 61.3 Å².